The fraction of sp³-hybridized carbons (Fsp3) is 0.867. The summed E-state index contributed by atoms with van der Waals surface area (Å²) in [4.78, 5) is 0. The van der Waals surface area contributed by atoms with E-state index in [9.17, 15) is 0 Å². The first-order valence-electron chi connectivity index (χ1n) is 7.22. The molecular formula is C15H33NO4. The molecule has 5 nitrogen and oxygen atoms in total. The van der Waals surface area contributed by atoms with Crippen LogP contribution in [0.4, 0.5) is 0 Å². The summed E-state index contributed by atoms with van der Waals surface area (Å²) >= 11 is 0. The molecule has 0 atom stereocenters. The molecule has 0 saturated carbocycles. The number of methoxy groups -OCH3 is 1. The van der Waals surface area contributed by atoms with E-state index in [2.05, 4.69) is 11.9 Å². The molecule has 20 heavy (non-hydrogen) atoms. The van der Waals surface area contributed by atoms with Gasteiger partial charge >= 0.3 is 0 Å². The maximum absolute atomic E-state index is 5.51. The van der Waals surface area contributed by atoms with E-state index in [1.807, 2.05) is 34.6 Å². The van der Waals surface area contributed by atoms with E-state index >= 15 is 0 Å². The Morgan fingerprint density at radius 3 is 1.95 bits per heavy atom. The first kappa shape index (κ1) is 21.5. The molecule has 0 spiro atoms. The lowest BCUT2D eigenvalue weighted by molar-refractivity contribution is 0.0205. The summed E-state index contributed by atoms with van der Waals surface area (Å²) in [6, 6.07) is 0. The Bertz CT molecular complexity index is 214. The number of nitrogens with one attached hydrogen (secondary N) is 1. The summed E-state index contributed by atoms with van der Waals surface area (Å²) in [5.74, 6) is 0.572. The zero-order chi connectivity index (χ0) is 15.9. The van der Waals surface area contributed by atoms with Crippen LogP contribution in [0.1, 0.15) is 34.6 Å². The Hall–Kier alpha value is -0.780. The summed E-state index contributed by atoms with van der Waals surface area (Å²) < 4.78 is 21.0. The molecule has 0 aliphatic heterocycles. The van der Waals surface area contributed by atoms with Gasteiger partial charge in [0.25, 0.3) is 0 Å². The van der Waals surface area contributed by atoms with Crippen molar-refractivity contribution in [2.45, 2.75) is 40.2 Å². The van der Waals surface area contributed by atoms with Crippen LogP contribution in [0, 0.1) is 0 Å². The molecule has 0 aromatic heterocycles. The lowest BCUT2D eigenvalue weighted by atomic mass is 10.2. The lowest BCUT2D eigenvalue weighted by Gasteiger charge is -2.23. The van der Waals surface area contributed by atoms with Gasteiger partial charge in [0, 0.05) is 13.7 Å². The number of ether oxygens (including phenoxy) is 4. The van der Waals surface area contributed by atoms with Gasteiger partial charge in [-0.25, -0.2) is 0 Å². The Morgan fingerprint density at radius 1 is 0.950 bits per heavy atom. The van der Waals surface area contributed by atoms with E-state index in [1.165, 1.54) is 0 Å². The van der Waals surface area contributed by atoms with E-state index < -0.39 is 0 Å². The molecule has 0 saturated heterocycles. The van der Waals surface area contributed by atoms with Crippen LogP contribution in [0.2, 0.25) is 0 Å². The third kappa shape index (κ3) is 19.6. The molecule has 5 heteroatoms. The van der Waals surface area contributed by atoms with Crippen molar-refractivity contribution in [2.75, 3.05) is 46.7 Å². The zero-order valence-electron chi connectivity index (χ0n) is 14.1. The minimum Gasteiger partial charge on any atom is -0.474 e. The second-order valence-electron chi connectivity index (χ2n) is 4.78. The molecule has 0 unspecified atom stereocenters. The highest BCUT2D eigenvalue weighted by atomic mass is 16.5. The van der Waals surface area contributed by atoms with Crippen molar-refractivity contribution in [1.29, 1.82) is 0 Å². The van der Waals surface area contributed by atoms with Crippen molar-refractivity contribution in [1.82, 2.24) is 5.32 Å². The van der Waals surface area contributed by atoms with Gasteiger partial charge < -0.3 is 24.3 Å². The second kappa shape index (κ2) is 14.6. The van der Waals surface area contributed by atoms with Crippen LogP contribution in [-0.4, -0.2) is 52.3 Å². The highest BCUT2D eigenvalue weighted by Gasteiger charge is 2.11. The van der Waals surface area contributed by atoms with Gasteiger partial charge in [0.1, 0.15) is 5.60 Å². The molecule has 122 valence electrons. The van der Waals surface area contributed by atoms with E-state index in [4.69, 9.17) is 18.9 Å². The third-order valence-electron chi connectivity index (χ3n) is 1.80. The van der Waals surface area contributed by atoms with E-state index in [0.29, 0.717) is 45.5 Å². The molecule has 0 amide bonds. The SMILES string of the molecule is C=C(NCCOCCOCCOC)OC(C)(C)C.CC. The summed E-state index contributed by atoms with van der Waals surface area (Å²) in [5.41, 5.74) is -0.222. The van der Waals surface area contributed by atoms with Gasteiger partial charge in [0.2, 0.25) is 0 Å². The van der Waals surface area contributed by atoms with Crippen molar-refractivity contribution in [2.24, 2.45) is 0 Å². The van der Waals surface area contributed by atoms with Crippen LogP contribution in [-0.2, 0) is 18.9 Å². The molecule has 0 rings (SSSR count). The maximum Gasteiger partial charge on any atom is 0.179 e. The van der Waals surface area contributed by atoms with Gasteiger partial charge in [-0.3, -0.25) is 0 Å². The van der Waals surface area contributed by atoms with Crippen LogP contribution in [0.15, 0.2) is 12.5 Å². The van der Waals surface area contributed by atoms with E-state index in [0.717, 1.165) is 0 Å². The Morgan fingerprint density at radius 2 is 1.45 bits per heavy atom. The number of hydrogen-bond acceptors (Lipinski definition) is 5. The van der Waals surface area contributed by atoms with Gasteiger partial charge in [0.05, 0.1) is 33.0 Å². The topological polar surface area (TPSA) is 49.0 Å². The molecule has 0 aliphatic rings. The van der Waals surface area contributed by atoms with Crippen LogP contribution in [0.3, 0.4) is 0 Å². The van der Waals surface area contributed by atoms with Crippen molar-refractivity contribution < 1.29 is 18.9 Å². The summed E-state index contributed by atoms with van der Waals surface area (Å²) in [7, 11) is 1.65. The van der Waals surface area contributed by atoms with Crippen molar-refractivity contribution >= 4 is 0 Å². The largest absolute Gasteiger partial charge is 0.474 e. The Kier molecular flexibility index (Phi) is 15.7. The molecule has 0 fully saturated rings. The van der Waals surface area contributed by atoms with Crippen molar-refractivity contribution in [3.05, 3.63) is 12.5 Å². The molecule has 0 radical (unpaired) electrons. The predicted octanol–water partition coefficient (Wildman–Crippen LogP) is 2.57. The minimum atomic E-state index is -0.222. The molecular weight excluding hydrogens is 258 g/mol. The smallest absolute Gasteiger partial charge is 0.179 e. The fourth-order valence-corrected chi connectivity index (χ4v) is 1.13. The maximum atomic E-state index is 5.51. The third-order valence-corrected chi connectivity index (χ3v) is 1.80. The molecule has 0 bridgehead atoms. The monoisotopic (exact) mass is 291 g/mol. The molecule has 0 aromatic rings. The molecule has 1 N–H and O–H groups in total. The fourth-order valence-electron chi connectivity index (χ4n) is 1.13. The summed E-state index contributed by atoms with van der Waals surface area (Å²) in [5, 5.41) is 3.05. The van der Waals surface area contributed by atoms with Crippen LogP contribution in [0.25, 0.3) is 0 Å². The van der Waals surface area contributed by atoms with Gasteiger partial charge in [-0.15, -0.1) is 0 Å². The first-order chi connectivity index (χ1) is 9.45. The van der Waals surface area contributed by atoms with Crippen LogP contribution in [0.5, 0.6) is 0 Å². The van der Waals surface area contributed by atoms with Gasteiger partial charge in [-0.05, 0) is 27.4 Å². The van der Waals surface area contributed by atoms with E-state index in [1.54, 1.807) is 7.11 Å². The van der Waals surface area contributed by atoms with Gasteiger partial charge in [-0.2, -0.15) is 0 Å². The summed E-state index contributed by atoms with van der Waals surface area (Å²) in [6.45, 7) is 17.4. The number of hydrogen-bond donors (Lipinski definition) is 1. The average molecular weight is 291 g/mol. The van der Waals surface area contributed by atoms with Crippen LogP contribution < -0.4 is 5.32 Å². The highest BCUT2D eigenvalue weighted by Crippen LogP contribution is 2.09. The first-order valence-corrected chi connectivity index (χ1v) is 7.22. The summed E-state index contributed by atoms with van der Waals surface area (Å²) in [6.07, 6.45) is 0. The molecule has 0 aliphatic carbocycles. The quantitative estimate of drug-likeness (QED) is 0.468. The average Bonchev–Trinajstić information content (AvgIpc) is 2.37. The van der Waals surface area contributed by atoms with Gasteiger partial charge in [0.15, 0.2) is 5.88 Å². The highest BCUT2D eigenvalue weighted by molar-refractivity contribution is 4.82. The normalized spacial score (nSPS) is 10.5. The van der Waals surface area contributed by atoms with Crippen molar-refractivity contribution in [3.8, 4) is 0 Å². The van der Waals surface area contributed by atoms with Crippen LogP contribution >= 0.6 is 0 Å². The Balaban J connectivity index is 0. The molecule has 0 heterocycles. The lowest BCUT2D eigenvalue weighted by Crippen LogP contribution is -2.27. The minimum absolute atomic E-state index is 0.222. The Labute approximate surface area is 124 Å². The van der Waals surface area contributed by atoms with E-state index in [-0.39, 0.29) is 5.60 Å². The second-order valence-corrected chi connectivity index (χ2v) is 4.78. The zero-order valence-corrected chi connectivity index (χ0v) is 14.1. The molecule has 0 aromatic carbocycles. The predicted molar refractivity (Wildman–Crippen MR) is 82.8 cm³/mol. The standard InChI is InChI=1S/C13H27NO4.C2H6/c1-12(18-13(2,3)4)14-6-7-16-10-11-17-9-8-15-5;1-2/h14H,1,6-11H2,2-5H3;1-2H3. The van der Waals surface area contributed by atoms with Gasteiger partial charge in [-0.1, -0.05) is 13.8 Å². The van der Waals surface area contributed by atoms with Crippen molar-refractivity contribution in [3.63, 3.8) is 0 Å². The number of rotatable bonds is 11.